The first-order valence-electron chi connectivity index (χ1n) is 2.65. The third kappa shape index (κ3) is 1.67. The first-order chi connectivity index (χ1) is 4.83. The minimum absolute atomic E-state index is 0.371. The van der Waals surface area contributed by atoms with E-state index in [2.05, 4.69) is 20.9 Å². The van der Waals surface area contributed by atoms with Gasteiger partial charge in [-0.1, -0.05) is 0 Å². The quantitative estimate of drug-likeness (QED) is 0.240. The van der Waals surface area contributed by atoms with Crippen LogP contribution >= 0.6 is 12.2 Å². The molecule has 0 aliphatic carbocycles. The lowest BCUT2D eigenvalue weighted by Crippen LogP contribution is -2.34. The number of hydrogen-bond donors (Lipinski definition) is 4. The van der Waals surface area contributed by atoms with Gasteiger partial charge in [0, 0.05) is 0 Å². The Bertz CT molecular complexity index is 205. The zero-order valence-corrected chi connectivity index (χ0v) is 5.96. The maximum Gasteiger partial charge on any atom is 0.195 e. The molecule has 0 radical (unpaired) electrons. The van der Waals surface area contributed by atoms with Gasteiger partial charge in [-0.2, -0.15) is 5.10 Å². The standard InChI is InChI=1S/C4H7N5S/c5-8-4(10)7-3-1-2-6-9-3/h1-2H,5H2,(H3,6,7,8,9,10)/p+1. The van der Waals surface area contributed by atoms with Crippen molar-refractivity contribution in [2.75, 3.05) is 5.32 Å². The zero-order chi connectivity index (χ0) is 7.40. The minimum atomic E-state index is 0.371. The Hall–Kier alpha value is -1.14. The molecule has 0 saturated heterocycles. The van der Waals surface area contributed by atoms with Crippen LogP contribution in [0.1, 0.15) is 0 Å². The average molecular weight is 158 g/mol. The fraction of sp³-hybridized carbons (Fsp3) is 0. The molecule has 6 heteroatoms. The highest BCUT2D eigenvalue weighted by molar-refractivity contribution is 7.80. The second kappa shape index (κ2) is 3.14. The monoisotopic (exact) mass is 158 g/mol. The topological polar surface area (TPSA) is 80.0 Å². The maximum absolute atomic E-state index is 5.01. The molecule has 0 saturated carbocycles. The summed E-state index contributed by atoms with van der Waals surface area (Å²) in [4.78, 5) is 0. The minimum Gasteiger partial charge on any atom is -0.314 e. The summed E-state index contributed by atoms with van der Waals surface area (Å²) >= 11 is 4.72. The highest BCUT2D eigenvalue weighted by Crippen LogP contribution is 1.93. The van der Waals surface area contributed by atoms with Crippen molar-refractivity contribution in [1.29, 1.82) is 0 Å². The van der Waals surface area contributed by atoms with Crippen LogP contribution in [0.2, 0.25) is 0 Å². The summed E-state index contributed by atoms with van der Waals surface area (Å²) in [7, 11) is 0. The van der Waals surface area contributed by atoms with Crippen molar-refractivity contribution in [1.82, 2.24) is 10.5 Å². The molecule has 0 unspecified atom stereocenters. The van der Waals surface area contributed by atoms with E-state index in [1.807, 2.05) is 0 Å². The van der Waals surface area contributed by atoms with Crippen LogP contribution in [0.5, 0.6) is 0 Å². The number of aromatic nitrogens is 2. The van der Waals surface area contributed by atoms with Crippen molar-refractivity contribution in [3.8, 4) is 0 Å². The molecule has 0 bridgehead atoms. The molecule has 1 aromatic rings. The van der Waals surface area contributed by atoms with Gasteiger partial charge in [0.15, 0.2) is 17.1 Å². The smallest absolute Gasteiger partial charge is 0.195 e. The van der Waals surface area contributed by atoms with E-state index in [1.54, 1.807) is 12.3 Å². The van der Waals surface area contributed by atoms with Crippen molar-refractivity contribution >= 4 is 23.1 Å². The van der Waals surface area contributed by atoms with E-state index in [9.17, 15) is 0 Å². The normalized spacial score (nSPS) is 8.90. The molecule has 1 rings (SSSR count). The van der Waals surface area contributed by atoms with E-state index in [4.69, 9.17) is 18.1 Å². The van der Waals surface area contributed by atoms with Crippen LogP contribution in [0.25, 0.3) is 0 Å². The molecule has 0 aliphatic heterocycles. The number of hydrogen-bond acceptors (Lipinski definition) is 2. The highest BCUT2D eigenvalue weighted by atomic mass is 32.1. The Morgan fingerprint density at radius 1 is 1.80 bits per heavy atom. The number of H-pyrrole nitrogens is 2. The first kappa shape index (κ1) is 6.97. The molecule has 10 heavy (non-hydrogen) atoms. The third-order valence-electron chi connectivity index (χ3n) is 0.919. The van der Waals surface area contributed by atoms with Gasteiger partial charge in [0.1, 0.15) is 0 Å². The molecule has 0 aliphatic rings. The van der Waals surface area contributed by atoms with Crippen molar-refractivity contribution < 1.29 is 5.10 Å². The number of thiocarbonyl (C=S) groups is 1. The summed E-state index contributed by atoms with van der Waals surface area (Å²) in [5.74, 6) is 5.78. The van der Waals surface area contributed by atoms with Crippen molar-refractivity contribution in [3.05, 3.63) is 12.3 Å². The Kier molecular flexibility index (Phi) is 2.19. The van der Waals surface area contributed by atoms with Crippen LogP contribution in [0, 0.1) is 0 Å². The number of anilines is 1. The van der Waals surface area contributed by atoms with Crippen molar-refractivity contribution in [2.45, 2.75) is 0 Å². The number of aromatic amines is 2. The van der Waals surface area contributed by atoms with Gasteiger partial charge in [-0.25, -0.2) is 5.84 Å². The maximum atomic E-state index is 5.01. The van der Waals surface area contributed by atoms with Crippen LogP contribution in [-0.2, 0) is 0 Å². The Morgan fingerprint density at radius 3 is 3.10 bits per heavy atom. The van der Waals surface area contributed by atoms with Crippen LogP contribution in [0.3, 0.4) is 0 Å². The van der Waals surface area contributed by atoms with E-state index in [0.717, 1.165) is 5.82 Å². The van der Waals surface area contributed by atoms with E-state index in [-0.39, 0.29) is 0 Å². The average Bonchev–Trinajstić information content (AvgIpc) is 2.40. The van der Waals surface area contributed by atoms with Gasteiger partial charge in [0.25, 0.3) is 0 Å². The second-order valence-electron chi connectivity index (χ2n) is 1.61. The zero-order valence-electron chi connectivity index (χ0n) is 5.14. The fourth-order valence-electron chi connectivity index (χ4n) is 0.517. The van der Waals surface area contributed by atoms with Crippen molar-refractivity contribution in [3.63, 3.8) is 0 Å². The summed E-state index contributed by atoms with van der Waals surface area (Å²) in [5, 5.41) is 8.68. The van der Waals surface area contributed by atoms with Crippen LogP contribution in [0.4, 0.5) is 5.82 Å². The molecule has 0 atom stereocenters. The van der Waals surface area contributed by atoms with Crippen molar-refractivity contribution in [2.24, 2.45) is 5.84 Å². The van der Waals surface area contributed by atoms with Gasteiger partial charge in [-0.05, 0) is 12.2 Å². The summed E-state index contributed by atoms with van der Waals surface area (Å²) in [6.07, 6.45) is 1.74. The number of nitrogens with one attached hydrogen (secondary N) is 4. The van der Waals surface area contributed by atoms with E-state index < -0.39 is 0 Å². The molecule has 5 nitrogen and oxygen atoms in total. The molecule has 54 valence electrons. The summed E-state index contributed by atoms with van der Waals surface area (Å²) < 4.78 is 0. The number of hydrazine groups is 1. The first-order valence-corrected chi connectivity index (χ1v) is 3.06. The van der Waals surface area contributed by atoms with Crippen LogP contribution in [-0.4, -0.2) is 10.2 Å². The molecule has 1 heterocycles. The fourth-order valence-corrected chi connectivity index (χ4v) is 0.627. The Balaban J connectivity index is 2.48. The second-order valence-corrected chi connectivity index (χ2v) is 2.02. The lowest BCUT2D eigenvalue weighted by Gasteiger charge is -2.00. The summed E-state index contributed by atoms with van der Waals surface area (Å²) in [6, 6.07) is 1.80. The van der Waals surface area contributed by atoms with Gasteiger partial charge in [-0.15, -0.1) is 5.10 Å². The lowest BCUT2D eigenvalue weighted by atomic mass is 10.6. The molecule has 0 amide bonds. The van der Waals surface area contributed by atoms with Gasteiger partial charge < -0.3 is 10.7 Å². The molecule has 6 N–H and O–H groups in total. The van der Waals surface area contributed by atoms with Gasteiger partial charge in [0.05, 0.1) is 6.07 Å². The van der Waals surface area contributed by atoms with Crippen LogP contribution < -0.4 is 21.7 Å². The number of rotatable bonds is 1. The number of nitrogens with two attached hydrogens (primary N) is 1. The van der Waals surface area contributed by atoms with Gasteiger partial charge in [-0.3, -0.25) is 0 Å². The Labute approximate surface area is 63.0 Å². The van der Waals surface area contributed by atoms with Gasteiger partial charge in [0.2, 0.25) is 0 Å². The van der Waals surface area contributed by atoms with E-state index in [1.165, 1.54) is 0 Å². The summed E-state index contributed by atoms with van der Waals surface area (Å²) in [5.41, 5.74) is 2.29. The Morgan fingerprint density at radius 2 is 2.60 bits per heavy atom. The lowest BCUT2D eigenvalue weighted by molar-refractivity contribution is -0.447. The molecule has 0 aromatic carbocycles. The summed E-state index contributed by atoms with van der Waals surface area (Å²) in [6.45, 7) is 0. The van der Waals surface area contributed by atoms with E-state index in [0.29, 0.717) is 5.11 Å². The van der Waals surface area contributed by atoms with E-state index >= 15 is 0 Å². The molecular formula is C4H8N5S+. The van der Waals surface area contributed by atoms with Crippen LogP contribution in [0.15, 0.2) is 12.3 Å². The SMILES string of the molecule is NNC(=S)Nc1cc[nH+][nH]1. The molecule has 0 spiro atoms. The molecular weight excluding hydrogens is 150 g/mol. The molecule has 0 fully saturated rings. The van der Waals surface area contributed by atoms with Gasteiger partial charge >= 0.3 is 0 Å². The predicted octanol–water partition coefficient (Wildman–Crippen LogP) is -1.01. The highest BCUT2D eigenvalue weighted by Gasteiger charge is 1.96. The largest absolute Gasteiger partial charge is 0.314 e. The third-order valence-corrected chi connectivity index (χ3v) is 1.14. The molecule has 1 aromatic heterocycles. The predicted molar refractivity (Wildman–Crippen MR) is 40.9 cm³/mol.